The third kappa shape index (κ3) is 4.02. The molecule has 3 aromatic rings. The summed E-state index contributed by atoms with van der Waals surface area (Å²) in [5, 5.41) is 3.03. The van der Waals surface area contributed by atoms with E-state index in [2.05, 4.69) is 15.3 Å². The number of ether oxygens (including phenoxy) is 1. The molecule has 0 aliphatic heterocycles. The van der Waals surface area contributed by atoms with E-state index in [0.29, 0.717) is 23.9 Å². The summed E-state index contributed by atoms with van der Waals surface area (Å²) in [6.45, 7) is 0.628. The van der Waals surface area contributed by atoms with Gasteiger partial charge in [0.1, 0.15) is 5.75 Å². The number of pyridine rings is 1. The molecule has 0 saturated heterocycles. The first-order valence-corrected chi connectivity index (χ1v) is 7.81. The fourth-order valence-corrected chi connectivity index (χ4v) is 2.31. The number of anilines is 1. The lowest BCUT2D eigenvalue weighted by Gasteiger charge is -2.13. The van der Waals surface area contributed by atoms with Crippen molar-refractivity contribution >= 4 is 5.95 Å². The Bertz CT molecular complexity index is 909. The van der Waals surface area contributed by atoms with Gasteiger partial charge in [-0.25, -0.2) is 4.98 Å². The van der Waals surface area contributed by atoms with Gasteiger partial charge in [-0.15, -0.1) is 0 Å². The molecule has 3 rings (SSSR count). The molecular weight excluding hydrogens is 318 g/mol. The van der Waals surface area contributed by atoms with Crippen molar-refractivity contribution in [3.05, 3.63) is 70.8 Å². The minimum atomic E-state index is -0.158. The predicted molar refractivity (Wildman–Crippen MR) is 96.2 cm³/mol. The molecule has 25 heavy (non-hydrogen) atoms. The summed E-state index contributed by atoms with van der Waals surface area (Å²) in [5.41, 5.74) is 7.86. The van der Waals surface area contributed by atoms with Gasteiger partial charge < -0.3 is 15.8 Å². The number of nitrogens with zero attached hydrogens (tertiary/aromatic N) is 3. The van der Waals surface area contributed by atoms with Gasteiger partial charge in [0.05, 0.1) is 5.69 Å². The van der Waals surface area contributed by atoms with Gasteiger partial charge in [0.15, 0.2) is 6.73 Å². The minimum Gasteiger partial charge on any atom is -0.473 e. The first-order valence-electron chi connectivity index (χ1n) is 7.81. The van der Waals surface area contributed by atoms with E-state index in [-0.39, 0.29) is 12.3 Å². The molecule has 0 saturated carbocycles. The Morgan fingerprint density at radius 1 is 1.20 bits per heavy atom. The second-order valence-corrected chi connectivity index (χ2v) is 5.42. The standard InChI is InChI=1S/C18H19N5O2/c1-23-17(24)10-16(14-5-7-20-8-6-14)22-18(23)21-12-25-15-4-2-3-13(9-15)11-19/h2-10H,11-12,19H2,1H3,(H,21,22). The van der Waals surface area contributed by atoms with Gasteiger partial charge in [-0.05, 0) is 29.8 Å². The van der Waals surface area contributed by atoms with Crippen molar-refractivity contribution in [3.63, 3.8) is 0 Å². The molecule has 0 aliphatic carbocycles. The highest BCUT2D eigenvalue weighted by Crippen LogP contribution is 2.16. The van der Waals surface area contributed by atoms with Crippen molar-refractivity contribution in [3.8, 4) is 17.0 Å². The molecule has 0 atom stereocenters. The summed E-state index contributed by atoms with van der Waals surface area (Å²) in [7, 11) is 1.66. The zero-order valence-electron chi connectivity index (χ0n) is 13.8. The lowest BCUT2D eigenvalue weighted by atomic mass is 10.2. The minimum absolute atomic E-state index is 0.158. The first-order chi connectivity index (χ1) is 12.2. The Labute approximate surface area is 145 Å². The molecular formula is C18H19N5O2. The Balaban J connectivity index is 1.75. The number of nitrogens with one attached hydrogen (secondary N) is 1. The van der Waals surface area contributed by atoms with Crippen LogP contribution in [-0.4, -0.2) is 21.3 Å². The molecule has 0 bridgehead atoms. The molecule has 0 unspecified atom stereocenters. The summed E-state index contributed by atoms with van der Waals surface area (Å²) in [5.74, 6) is 1.13. The fraction of sp³-hybridized carbons (Fsp3) is 0.167. The highest BCUT2D eigenvalue weighted by Gasteiger charge is 2.07. The molecule has 2 heterocycles. The van der Waals surface area contributed by atoms with Crippen molar-refractivity contribution in [2.24, 2.45) is 12.8 Å². The van der Waals surface area contributed by atoms with Crippen LogP contribution in [0.1, 0.15) is 5.56 Å². The van der Waals surface area contributed by atoms with Gasteiger partial charge >= 0.3 is 0 Å². The maximum Gasteiger partial charge on any atom is 0.255 e. The monoisotopic (exact) mass is 337 g/mol. The highest BCUT2D eigenvalue weighted by molar-refractivity contribution is 5.59. The Morgan fingerprint density at radius 3 is 2.76 bits per heavy atom. The van der Waals surface area contributed by atoms with Crippen LogP contribution in [-0.2, 0) is 13.6 Å². The SMILES string of the molecule is Cn1c(NCOc2cccc(CN)c2)nc(-c2ccncc2)cc1=O. The van der Waals surface area contributed by atoms with Crippen molar-refractivity contribution in [1.82, 2.24) is 14.5 Å². The summed E-state index contributed by atoms with van der Waals surface area (Å²) >= 11 is 0. The van der Waals surface area contributed by atoms with Gasteiger partial charge in [-0.2, -0.15) is 0 Å². The zero-order valence-corrected chi connectivity index (χ0v) is 13.8. The molecule has 0 spiro atoms. The van der Waals surface area contributed by atoms with E-state index in [1.165, 1.54) is 10.6 Å². The van der Waals surface area contributed by atoms with Crippen LogP contribution >= 0.6 is 0 Å². The average Bonchev–Trinajstić information content (AvgIpc) is 2.66. The van der Waals surface area contributed by atoms with Crippen LogP contribution in [0.2, 0.25) is 0 Å². The molecule has 0 aliphatic rings. The maximum absolute atomic E-state index is 12.2. The quantitative estimate of drug-likeness (QED) is 0.666. The molecule has 128 valence electrons. The van der Waals surface area contributed by atoms with Crippen molar-refractivity contribution in [1.29, 1.82) is 0 Å². The highest BCUT2D eigenvalue weighted by atomic mass is 16.5. The second-order valence-electron chi connectivity index (χ2n) is 5.42. The van der Waals surface area contributed by atoms with Crippen LogP contribution in [0.3, 0.4) is 0 Å². The number of benzene rings is 1. The number of rotatable bonds is 6. The van der Waals surface area contributed by atoms with Gasteiger partial charge in [-0.1, -0.05) is 12.1 Å². The van der Waals surface area contributed by atoms with E-state index >= 15 is 0 Å². The summed E-state index contributed by atoms with van der Waals surface area (Å²) in [6.07, 6.45) is 3.32. The zero-order chi connectivity index (χ0) is 17.6. The Kier molecular flexibility index (Phi) is 5.06. The topological polar surface area (TPSA) is 95.1 Å². The fourth-order valence-electron chi connectivity index (χ4n) is 2.31. The van der Waals surface area contributed by atoms with Gasteiger partial charge in [0.25, 0.3) is 5.56 Å². The van der Waals surface area contributed by atoms with E-state index < -0.39 is 0 Å². The third-order valence-electron chi connectivity index (χ3n) is 3.71. The van der Waals surface area contributed by atoms with Crippen molar-refractivity contribution < 1.29 is 4.74 Å². The van der Waals surface area contributed by atoms with Gasteiger partial charge in [0.2, 0.25) is 5.95 Å². The number of aromatic nitrogens is 3. The Hall–Kier alpha value is -3.19. The average molecular weight is 337 g/mol. The molecule has 7 nitrogen and oxygen atoms in total. The van der Waals surface area contributed by atoms with E-state index in [1.54, 1.807) is 31.6 Å². The normalized spacial score (nSPS) is 10.5. The summed E-state index contributed by atoms with van der Waals surface area (Å²) in [6, 6.07) is 12.6. The molecule has 0 amide bonds. The van der Waals surface area contributed by atoms with Crippen LogP contribution in [0.25, 0.3) is 11.3 Å². The van der Waals surface area contributed by atoms with Crippen LogP contribution in [0.4, 0.5) is 5.95 Å². The number of nitrogens with two attached hydrogens (primary N) is 1. The molecule has 0 fully saturated rings. The van der Waals surface area contributed by atoms with E-state index in [1.807, 2.05) is 24.3 Å². The van der Waals surface area contributed by atoms with E-state index in [4.69, 9.17) is 10.5 Å². The van der Waals surface area contributed by atoms with Crippen LogP contribution in [0.5, 0.6) is 5.75 Å². The number of hydrogen-bond donors (Lipinski definition) is 2. The van der Waals surface area contributed by atoms with Crippen molar-refractivity contribution in [2.45, 2.75) is 6.54 Å². The molecule has 3 N–H and O–H groups in total. The van der Waals surface area contributed by atoms with Crippen molar-refractivity contribution in [2.75, 3.05) is 12.0 Å². The Morgan fingerprint density at radius 2 is 2.00 bits per heavy atom. The largest absolute Gasteiger partial charge is 0.473 e. The predicted octanol–water partition coefficient (Wildman–Crippen LogP) is 1.75. The first kappa shape index (κ1) is 16.7. The molecule has 2 aromatic heterocycles. The smallest absolute Gasteiger partial charge is 0.255 e. The summed E-state index contributed by atoms with van der Waals surface area (Å²) in [4.78, 5) is 20.6. The third-order valence-corrected chi connectivity index (χ3v) is 3.71. The molecule has 0 radical (unpaired) electrons. The lowest BCUT2D eigenvalue weighted by Crippen LogP contribution is -2.23. The lowest BCUT2D eigenvalue weighted by molar-refractivity contribution is 0.344. The van der Waals surface area contributed by atoms with Crippen LogP contribution in [0.15, 0.2) is 59.7 Å². The van der Waals surface area contributed by atoms with Gasteiger partial charge in [0, 0.05) is 37.6 Å². The molecule has 1 aromatic carbocycles. The molecule has 7 heteroatoms. The summed E-state index contributed by atoms with van der Waals surface area (Å²) < 4.78 is 7.10. The van der Waals surface area contributed by atoms with Crippen LogP contribution in [0, 0.1) is 0 Å². The maximum atomic E-state index is 12.2. The van der Waals surface area contributed by atoms with Gasteiger partial charge in [-0.3, -0.25) is 14.3 Å². The second kappa shape index (κ2) is 7.59. The van der Waals surface area contributed by atoms with Crippen LogP contribution < -0.4 is 21.3 Å². The number of hydrogen-bond acceptors (Lipinski definition) is 6. The van der Waals surface area contributed by atoms with E-state index in [0.717, 1.165) is 11.1 Å². The van der Waals surface area contributed by atoms with E-state index in [9.17, 15) is 4.79 Å².